The Morgan fingerprint density at radius 1 is 0.879 bits per heavy atom. The number of hydrogen-bond donors (Lipinski definition) is 1. The molecule has 0 spiro atoms. The predicted molar refractivity (Wildman–Crippen MR) is 120 cm³/mol. The van der Waals surface area contributed by atoms with Crippen LogP contribution in [0.1, 0.15) is 12.5 Å². The van der Waals surface area contributed by atoms with Gasteiger partial charge >= 0.3 is 0 Å². The van der Waals surface area contributed by atoms with Crippen LogP contribution in [0.3, 0.4) is 0 Å². The van der Waals surface area contributed by atoms with E-state index in [1.165, 1.54) is 13.2 Å². The topological polar surface area (TPSA) is 67.9 Å². The number of carbonyl (C=O) groups is 2. The quantitative estimate of drug-likeness (QED) is 0.526. The standard InChI is InChI=1S/C25H20F2N2O4/c1-3-33-18-10-7-15(8-11-18)22-23(28-16-9-12-20(26)21(27)13-16)25(31)29(24(22)30)17-5-4-6-19(14-17)32-2/h4-14,28H,3H2,1-2H3. The highest BCUT2D eigenvalue weighted by Crippen LogP contribution is 2.35. The van der Waals surface area contributed by atoms with Crippen molar-refractivity contribution in [3.05, 3.63) is 89.6 Å². The van der Waals surface area contributed by atoms with Crippen LogP contribution in [0.5, 0.6) is 11.5 Å². The Labute approximate surface area is 189 Å². The Bertz CT molecular complexity index is 1260. The third kappa shape index (κ3) is 4.27. The van der Waals surface area contributed by atoms with Gasteiger partial charge in [0.1, 0.15) is 17.2 Å². The second-order valence-corrected chi connectivity index (χ2v) is 7.11. The molecule has 2 amide bonds. The van der Waals surface area contributed by atoms with Crippen LogP contribution in [0, 0.1) is 11.6 Å². The second kappa shape index (κ2) is 9.12. The van der Waals surface area contributed by atoms with Crippen molar-refractivity contribution in [1.29, 1.82) is 0 Å². The minimum atomic E-state index is -1.08. The number of hydrogen-bond acceptors (Lipinski definition) is 5. The minimum absolute atomic E-state index is 0.0574. The Kier molecular flexibility index (Phi) is 6.08. The SMILES string of the molecule is CCOc1ccc(C2=C(Nc3ccc(F)c(F)c3)C(=O)N(c3cccc(OC)c3)C2=O)cc1. The molecule has 0 aromatic heterocycles. The van der Waals surface area contributed by atoms with E-state index in [1.807, 2.05) is 6.92 Å². The van der Waals surface area contributed by atoms with Crippen LogP contribution in [-0.4, -0.2) is 25.5 Å². The zero-order valence-electron chi connectivity index (χ0n) is 17.9. The Hall–Kier alpha value is -4.20. The normalized spacial score (nSPS) is 13.5. The molecule has 0 bridgehead atoms. The molecule has 168 valence electrons. The number of nitrogens with zero attached hydrogens (tertiary/aromatic N) is 1. The van der Waals surface area contributed by atoms with Crippen molar-refractivity contribution >= 4 is 28.8 Å². The molecular formula is C25H20F2N2O4. The molecule has 0 unspecified atom stereocenters. The van der Waals surface area contributed by atoms with E-state index in [1.54, 1.807) is 48.5 Å². The van der Waals surface area contributed by atoms with Crippen LogP contribution in [0.15, 0.2) is 72.4 Å². The molecule has 0 radical (unpaired) electrons. The molecule has 3 aromatic rings. The summed E-state index contributed by atoms with van der Waals surface area (Å²) in [5.74, 6) is -2.22. The van der Waals surface area contributed by atoms with Crippen molar-refractivity contribution < 1.29 is 27.8 Å². The first-order valence-corrected chi connectivity index (χ1v) is 10.2. The van der Waals surface area contributed by atoms with E-state index < -0.39 is 23.4 Å². The fraction of sp³-hybridized carbons (Fsp3) is 0.120. The van der Waals surface area contributed by atoms with Crippen LogP contribution >= 0.6 is 0 Å². The summed E-state index contributed by atoms with van der Waals surface area (Å²) in [4.78, 5) is 27.8. The van der Waals surface area contributed by atoms with Gasteiger partial charge in [-0.2, -0.15) is 0 Å². The van der Waals surface area contributed by atoms with Gasteiger partial charge in [0.05, 0.1) is 25.0 Å². The summed E-state index contributed by atoms with van der Waals surface area (Å²) < 4.78 is 37.8. The Balaban J connectivity index is 1.80. The summed E-state index contributed by atoms with van der Waals surface area (Å²) in [7, 11) is 1.48. The molecule has 3 aromatic carbocycles. The van der Waals surface area contributed by atoms with Crippen LogP contribution in [0.2, 0.25) is 0 Å². The summed E-state index contributed by atoms with van der Waals surface area (Å²) >= 11 is 0. The molecule has 33 heavy (non-hydrogen) atoms. The molecule has 1 aliphatic rings. The average Bonchev–Trinajstić information content (AvgIpc) is 3.06. The molecular weight excluding hydrogens is 430 g/mol. The van der Waals surface area contributed by atoms with E-state index in [4.69, 9.17) is 9.47 Å². The van der Waals surface area contributed by atoms with E-state index in [2.05, 4.69) is 5.32 Å². The highest BCUT2D eigenvalue weighted by atomic mass is 19.2. The predicted octanol–water partition coefficient (Wildman–Crippen LogP) is 4.77. The zero-order valence-corrected chi connectivity index (χ0v) is 17.9. The van der Waals surface area contributed by atoms with Gasteiger partial charge in [-0.1, -0.05) is 18.2 Å². The number of ether oxygens (including phenoxy) is 2. The number of imide groups is 1. The molecule has 1 aliphatic heterocycles. The van der Waals surface area contributed by atoms with Crippen LogP contribution in [-0.2, 0) is 9.59 Å². The molecule has 1 heterocycles. The van der Waals surface area contributed by atoms with Gasteiger partial charge in [0.2, 0.25) is 0 Å². The Morgan fingerprint density at radius 2 is 1.64 bits per heavy atom. The van der Waals surface area contributed by atoms with Gasteiger partial charge in [-0.3, -0.25) is 9.59 Å². The van der Waals surface area contributed by atoms with Gasteiger partial charge in [0.25, 0.3) is 11.8 Å². The summed E-state index contributed by atoms with van der Waals surface area (Å²) in [6, 6.07) is 16.4. The molecule has 0 saturated carbocycles. The molecule has 0 atom stereocenters. The van der Waals surface area contributed by atoms with E-state index >= 15 is 0 Å². The zero-order chi connectivity index (χ0) is 23.5. The van der Waals surface area contributed by atoms with Gasteiger partial charge in [0.15, 0.2) is 11.6 Å². The van der Waals surface area contributed by atoms with Crippen LogP contribution in [0.25, 0.3) is 5.57 Å². The summed E-state index contributed by atoms with van der Waals surface area (Å²) in [6.45, 7) is 2.33. The number of nitrogens with one attached hydrogen (secondary N) is 1. The highest BCUT2D eigenvalue weighted by molar-refractivity contribution is 6.46. The second-order valence-electron chi connectivity index (χ2n) is 7.11. The largest absolute Gasteiger partial charge is 0.497 e. The fourth-order valence-electron chi connectivity index (χ4n) is 3.50. The van der Waals surface area contributed by atoms with Gasteiger partial charge in [-0.15, -0.1) is 0 Å². The molecule has 6 nitrogen and oxygen atoms in total. The van der Waals surface area contributed by atoms with Crippen molar-refractivity contribution in [3.8, 4) is 11.5 Å². The van der Waals surface area contributed by atoms with Crippen LogP contribution < -0.4 is 19.7 Å². The lowest BCUT2D eigenvalue weighted by molar-refractivity contribution is -0.120. The first kappa shape index (κ1) is 22.0. The number of rotatable bonds is 7. The third-order valence-corrected chi connectivity index (χ3v) is 5.04. The first-order chi connectivity index (χ1) is 15.9. The molecule has 0 saturated heterocycles. The Morgan fingerprint density at radius 3 is 2.30 bits per heavy atom. The van der Waals surface area contributed by atoms with E-state index in [0.717, 1.165) is 17.0 Å². The number of methoxy groups -OCH3 is 1. The molecule has 0 fully saturated rings. The minimum Gasteiger partial charge on any atom is -0.497 e. The van der Waals surface area contributed by atoms with E-state index in [9.17, 15) is 18.4 Å². The number of halogens is 2. The molecule has 4 rings (SSSR count). The van der Waals surface area contributed by atoms with E-state index in [-0.39, 0.29) is 17.0 Å². The maximum atomic E-state index is 13.8. The van der Waals surface area contributed by atoms with Crippen molar-refractivity contribution in [1.82, 2.24) is 0 Å². The molecule has 1 N–H and O–H groups in total. The smallest absolute Gasteiger partial charge is 0.282 e. The maximum Gasteiger partial charge on any atom is 0.282 e. The lowest BCUT2D eigenvalue weighted by atomic mass is 10.0. The number of amides is 2. The van der Waals surface area contributed by atoms with Gasteiger partial charge in [-0.05, 0) is 48.9 Å². The average molecular weight is 450 g/mol. The van der Waals surface area contributed by atoms with Crippen molar-refractivity contribution in [2.75, 3.05) is 23.9 Å². The summed E-state index contributed by atoms with van der Waals surface area (Å²) in [6.07, 6.45) is 0. The van der Waals surface area contributed by atoms with Gasteiger partial charge in [0, 0.05) is 17.8 Å². The van der Waals surface area contributed by atoms with E-state index in [0.29, 0.717) is 29.4 Å². The van der Waals surface area contributed by atoms with Gasteiger partial charge in [-0.25, -0.2) is 13.7 Å². The van der Waals surface area contributed by atoms with Crippen molar-refractivity contribution in [2.45, 2.75) is 6.92 Å². The summed E-state index contributed by atoms with van der Waals surface area (Å²) in [5, 5.41) is 2.80. The maximum absolute atomic E-state index is 13.8. The van der Waals surface area contributed by atoms with Crippen LogP contribution in [0.4, 0.5) is 20.2 Å². The fourth-order valence-corrected chi connectivity index (χ4v) is 3.50. The van der Waals surface area contributed by atoms with Crippen molar-refractivity contribution in [3.63, 3.8) is 0 Å². The molecule has 0 aliphatic carbocycles. The lowest BCUT2D eigenvalue weighted by Crippen LogP contribution is -2.32. The number of benzene rings is 3. The number of anilines is 2. The third-order valence-electron chi connectivity index (χ3n) is 5.04. The monoisotopic (exact) mass is 450 g/mol. The lowest BCUT2D eigenvalue weighted by Gasteiger charge is -2.16. The summed E-state index contributed by atoms with van der Waals surface area (Å²) in [5.41, 5.74) is 0.941. The van der Waals surface area contributed by atoms with Gasteiger partial charge < -0.3 is 14.8 Å². The van der Waals surface area contributed by atoms with Crippen molar-refractivity contribution in [2.24, 2.45) is 0 Å². The number of carbonyl (C=O) groups excluding carboxylic acids is 2. The molecule has 8 heteroatoms. The highest BCUT2D eigenvalue weighted by Gasteiger charge is 2.40. The first-order valence-electron chi connectivity index (χ1n) is 10.2.